The zero-order chi connectivity index (χ0) is 21.2. The molecule has 0 saturated heterocycles. The Bertz CT molecular complexity index is 902. The molecule has 0 atom stereocenters. The van der Waals surface area contributed by atoms with Gasteiger partial charge in [-0.2, -0.15) is 0 Å². The van der Waals surface area contributed by atoms with E-state index in [1.54, 1.807) is 24.3 Å². The molecule has 154 valence electrons. The molecule has 0 radical (unpaired) electrons. The highest BCUT2D eigenvalue weighted by atomic mass is 16.5. The third-order valence-corrected chi connectivity index (χ3v) is 4.74. The van der Waals surface area contributed by atoms with Crippen molar-refractivity contribution in [2.24, 2.45) is 0 Å². The molecule has 0 aliphatic carbocycles. The minimum Gasteiger partial charge on any atom is -0.494 e. The first-order valence-electron chi connectivity index (χ1n) is 10.0. The normalized spacial score (nSPS) is 10.5. The molecule has 5 heteroatoms. The van der Waals surface area contributed by atoms with Gasteiger partial charge in [-0.25, -0.2) is 0 Å². The maximum atomic E-state index is 12.3. The van der Waals surface area contributed by atoms with Crippen molar-refractivity contribution in [3.05, 3.63) is 102 Å². The minimum atomic E-state index is -0.295. The summed E-state index contributed by atoms with van der Waals surface area (Å²) in [5, 5.41) is 5.60. The van der Waals surface area contributed by atoms with Crippen molar-refractivity contribution in [1.29, 1.82) is 0 Å². The van der Waals surface area contributed by atoms with E-state index >= 15 is 0 Å². The number of nitrogens with one attached hydrogen (secondary N) is 2. The van der Waals surface area contributed by atoms with Gasteiger partial charge < -0.3 is 15.4 Å². The van der Waals surface area contributed by atoms with Gasteiger partial charge in [-0.15, -0.1) is 0 Å². The standard InChI is InChI=1S/C25H26N2O3/c1-2-30-22-15-13-21(14-16-22)25(29)27-18-24(28)26-17-23(19-9-5-3-6-10-19)20-11-7-4-8-12-20/h3-16,23H,2,17-18H2,1H3,(H,26,28)(H,27,29). The molecular weight excluding hydrogens is 376 g/mol. The Labute approximate surface area is 177 Å². The third kappa shape index (κ3) is 5.95. The Morgan fingerprint density at radius 2 is 1.37 bits per heavy atom. The van der Waals surface area contributed by atoms with Crippen LogP contribution in [0.1, 0.15) is 34.3 Å². The van der Waals surface area contributed by atoms with Crippen molar-refractivity contribution >= 4 is 11.8 Å². The summed E-state index contributed by atoms with van der Waals surface area (Å²) >= 11 is 0. The SMILES string of the molecule is CCOc1ccc(C(=O)NCC(=O)NCC(c2ccccc2)c2ccccc2)cc1. The van der Waals surface area contributed by atoms with Crippen LogP contribution < -0.4 is 15.4 Å². The molecule has 2 N–H and O–H groups in total. The van der Waals surface area contributed by atoms with E-state index in [-0.39, 0.29) is 24.3 Å². The number of ether oxygens (including phenoxy) is 1. The van der Waals surface area contributed by atoms with E-state index in [0.717, 1.165) is 11.1 Å². The first kappa shape index (κ1) is 21.1. The van der Waals surface area contributed by atoms with Crippen molar-refractivity contribution in [3.8, 4) is 5.75 Å². The van der Waals surface area contributed by atoms with Crippen LogP contribution in [-0.4, -0.2) is 31.5 Å². The van der Waals surface area contributed by atoms with Gasteiger partial charge in [0.1, 0.15) is 5.75 Å². The van der Waals surface area contributed by atoms with Gasteiger partial charge >= 0.3 is 0 Å². The Morgan fingerprint density at radius 1 is 0.800 bits per heavy atom. The molecule has 3 aromatic rings. The summed E-state index contributed by atoms with van der Waals surface area (Å²) in [4.78, 5) is 24.6. The van der Waals surface area contributed by atoms with Crippen LogP contribution in [0.5, 0.6) is 5.75 Å². The Morgan fingerprint density at radius 3 is 1.90 bits per heavy atom. The predicted molar refractivity (Wildman–Crippen MR) is 118 cm³/mol. The first-order valence-corrected chi connectivity index (χ1v) is 10.0. The number of amides is 2. The Kier molecular flexibility index (Phi) is 7.61. The lowest BCUT2D eigenvalue weighted by molar-refractivity contribution is -0.120. The average Bonchev–Trinajstić information content (AvgIpc) is 2.80. The lowest BCUT2D eigenvalue weighted by Gasteiger charge is -2.19. The van der Waals surface area contributed by atoms with Crippen molar-refractivity contribution in [2.45, 2.75) is 12.8 Å². The molecule has 30 heavy (non-hydrogen) atoms. The summed E-state index contributed by atoms with van der Waals surface area (Å²) in [7, 11) is 0. The number of hydrogen-bond donors (Lipinski definition) is 2. The molecule has 0 bridgehead atoms. The molecular formula is C25H26N2O3. The van der Waals surface area contributed by atoms with E-state index in [1.165, 1.54) is 0 Å². The van der Waals surface area contributed by atoms with Gasteiger partial charge in [-0.05, 0) is 42.3 Å². The van der Waals surface area contributed by atoms with E-state index < -0.39 is 0 Å². The van der Waals surface area contributed by atoms with E-state index in [1.807, 2.05) is 43.3 Å². The fraction of sp³-hybridized carbons (Fsp3) is 0.200. The largest absolute Gasteiger partial charge is 0.494 e. The molecule has 3 rings (SSSR count). The van der Waals surface area contributed by atoms with Crippen molar-refractivity contribution in [3.63, 3.8) is 0 Å². The van der Waals surface area contributed by atoms with Gasteiger partial charge in [-0.3, -0.25) is 9.59 Å². The molecule has 0 saturated carbocycles. The van der Waals surface area contributed by atoms with E-state index in [2.05, 4.69) is 34.9 Å². The summed E-state index contributed by atoms with van der Waals surface area (Å²) in [5.41, 5.74) is 2.74. The summed E-state index contributed by atoms with van der Waals surface area (Å²) in [6, 6.07) is 27.0. The third-order valence-electron chi connectivity index (χ3n) is 4.74. The molecule has 0 aliphatic heterocycles. The fourth-order valence-corrected chi connectivity index (χ4v) is 3.21. The quantitative estimate of drug-likeness (QED) is 0.573. The predicted octanol–water partition coefficient (Wildman–Crippen LogP) is 3.76. The highest BCUT2D eigenvalue weighted by molar-refractivity contribution is 5.96. The second kappa shape index (κ2) is 10.8. The topological polar surface area (TPSA) is 67.4 Å². The molecule has 0 spiro atoms. The maximum absolute atomic E-state index is 12.3. The smallest absolute Gasteiger partial charge is 0.251 e. The maximum Gasteiger partial charge on any atom is 0.251 e. The average molecular weight is 402 g/mol. The zero-order valence-corrected chi connectivity index (χ0v) is 17.0. The molecule has 0 unspecified atom stereocenters. The summed E-state index contributed by atoms with van der Waals surface area (Å²) in [5.74, 6) is 0.222. The molecule has 5 nitrogen and oxygen atoms in total. The number of carbonyl (C=O) groups excluding carboxylic acids is 2. The minimum absolute atomic E-state index is 0.0400. The van der Waals surface area contributed by atoms with E-state index in [9.17, 15) is 9.59 Å². The number of rotatable bonds is 9. The summed E-state index contributed by atoms with van der Waals surface area (Å²) in [6.07, 6.45) is 0. The van der Waals surface area contributed by atoms with Crippen molar-refractivity contribution in [1.82, 2.24) is 10.6 Å². The van der Waals surface area contributed by atoms with Crippen LogP contribution in [0.25, 0.3) is 0 Å². The monoisotopic (exact) mass is 402 g/mol. The van der Waals surface area contributed by atoms with Crippen LogP contribution in [0, 0.1) is 0 Å². The number of benzene rings is 3. The molecule has 0 heterocycles. The van der Waals surface area contributed by atoms with Crippen LogP contribution >= 0.6 is 0 Å². The summed E-state index contributed by atoms with van der Waals surface area (Å²) in [6.45, 7) is 2.84. The lowest BCUT2D eigenvalue weighted by Crippen LogP contribution is -2.38. The van der Waals surface area contributed by atoms with Gasteiger partial charge in [0.05, 0.1) is 13.2 Å². The van der Waals surface area contributed by atoms with E-state index in [0.29, 0.717) is 24.5 Å². The Hall–Kier alpha value is -3.60. The van der Waals surface area contributed by atoms with Crippen LogP contribution in [0.15, 0.2) is 84.9 Å². The van der Waals surface area contributed by atoms with Crippen LogP contribution in [0.3, 0.4) is 0 Å². The molecule has 0 aliphatic rings. The lowest BCUT2D eigenvalue weighted by atomic mass is 9.91. The second-order valence-corrected chi connectivity index (χ2v) is 6.82. The summed E-state index contributed by atoms with van der Waals surface area (Å²) < 4.78 is 5.37. The van der Waals surface area contributed by atoms with Gasteiger partial charge in [0.15, 0.2) is 0 Å². The first-order chi connectivity index (χ1) is 14.7. The van der Waals surface area contributed by atoms with Gasteiger partial charge in [0.25, 0.3) is 5.91 Å². The number of hydrogen-bond acceptors (Lipinski definition) is 3. The Balaban J connectivity index is 1.55. The molecule has 0 aromatic heterocycles. The molecule has 2 amide bonds. The van der Waals surface area contributed by atoms with Gasteiger partial charge in [-0.1, -0.05) is 60.7 Å². The molecule has 0 fully saturated rings. The van der Waals surface area contributed by atoms with Gasteiger partial charge in [0, 0.05) is 18.0 Å². The van der Waals surface area contributed by atoms with E-state index in [4.69, 9.17) is 4.74 Å². The highest BCUT2D eigenvalue weighted by Gasteiger charge is 2.15. The van der Waals surface area contributed by atoms with Crippen LogP contribution in [0.2, 0.25) is 0 Å². The highest BCUT2D eigenvalue weighted by Crippen LogP contribution is 2.23. The number of carbonyl (C=O) groups is 2. The van der Waals surface area contributed by atoms with Crippen LogP contribution in [-0.2, 0) is 4.79 Å². The zero-order valence-electron chi connectivity index (χ0n) is 17.0. The van der Waals surface area contributed by atoms with Crippen LogP contribution in [0.4, 0.5) is 0 Å². The molecule has 3 aromatic carbocycles. The van der Waals surface area contributed by atoms with Crippen molar-refractivity contribution in [2.75, 3.05) is 19.7 Å². The van der Waals surface area contributed by atoms with Crippen molar-refractivity contribution < 1.29 is 14.3 Å². The van der Waals surface area contributed by atoms with Gasteiger partial charge in [0.2, 0.25) is 5.91 Å². The second-order valence-electron chi connectivity index (χ2n) is 6.82. The fourth-order valence-electron chi connectivity index (χ4n) is 3.21.